The number of carbonyl (C=O) groups is 2. The first-order chi connectivity index (χ1) is 11.5. The first-order valence-corrected chi connectivity index (χ1v) is 8.56. The summed E-state index contributed by atoms with van der Waals surface area (Å²) in [4.78, 5) is 24.3. The van der Waals surface area contributed by atoms with Gasteiger partial charge in [0.2, 0.25) is 0 Å². The highest BCUT2D eigenvalue weighted by atomic mass is 79.9. The van der Waals surface area contributed by atoms with Gasteiger partial charge in [-0.05, 0) is 48.9 Å². The summed E-state index contributed by atoms with van der Waals surface area (Å²) >= 11 is 9.10. The molecule has 0 radical (unpaired) electrons. The van der Waals surface area contributed by atoms with E-state index in [1.54, 1.807) is 42.5 Å². The molecule has 0 saturated carbocycles. The average Bonchev–Trinajstić information content (AvgIpc) is 2.58. The Hall–Kier alpha value is -1.85. The lowest BCUT2D eigenvalue weighted by molar-refractivity contribution is 0.0470. The van der Waals surface area contributed by atoms with Crippen LogP contribution in [0.25, 0.3) is 0 Å². The molecule has 0 spiro atoms. The van der Waals surface area contributed by atoms with Crippen molar-refractivity contribution in [2.75, 3.05) is 13.2 Å². The summed E-state index contributed by atoms with van der Waals surface area (Å²) in [6.07, 6.45) is 0.819. The van der Waals surface area contributed by atoms with E-state index in [9.17, 15) is 9.59 Å². The normalized spacial score (nSPS) is 10.3. The van der Waals surface area contributed by atoms with Gasteiger partial charge in [-0.25, -0.2) is 4.79 Å². The summed E-state index contributed by atoms with van der Waals surface area (Å²) in [5.74, 6) is -0.472. The van der Waals surface area contributed by atoms with Crippen molar-refractivity contribution in [1.29, 1.82) is 0 Å². The van der Waals surface area contributed by atoms with Crippen molar-refractivity contribution in [2.24, 2.45) is 0 Å². The van der Waals surface area contributed by atoms with Crippen LogP contribution in [0.5, 0.6) is 5.75 Å². The van der Waals surface area contributed by atoms with E-state index in [-0.39, 0.29) is 18.0 Å². The maximum Gasteiger partial charge on any atom is 0.342 e. The molecule has 0 aliphatic heterocycles. The van der Waals surface area contributed by atoms with Crippen LogP contribution in [-0.4, -0.2) is 25.0 Å². The van der Waals surface area contributed by atoms with Gasteiger partial charge in [0.25, 0.3) is 0 Å². The Morgan fingerprint density at radius 2 is 1.83 bits per heavy atom. The molecule has 0 aromatic heterocycles. The van der Waals surface area contributed by atoms with E-state index in [0.717, 1.165) is 10.9 Å². The Kier molecular flexibility index (Phi) is 6.82. The molecule has 0 aliphatic rings. The van der Waals surface area contributed by atoms with Gasteiger partial charge in [-0.15, -0.1) is 0 Å². The van der Waals surface area contributed by atoms with E-state index < -0.39 is 5.97 Å². The fourth-order valence-corrected chi connectivity index (χ4v) is 2.41. The number of rotatable bonds is 7. The van der Waals surface area contributed by atoms with Gasteiger partial charge in [0.05, 0.1) is 6.61 Å². The van der Waals surface area contributed by atoms with Crippen LogP contribution in [-0.2, 0) is 4.74 Å². The highest BCUT2D eigenvalue weighted by molar-refractivity contribution is 9.10. The summed E-state index contributed by atoms with van der Waals surface area (Å²) in [6.45, 7) is 2.12. The largest absolute Gasteiger partial charge is 0.493 e. The van der Waals surface area contributed by atoms with Crippen LogP contribution in [0.15, 0.2) is 46.9 Å². The van der Waals surface area contributed by atoms with E-state index in [0.29, 0.717) is 22.9 Å². The minimum atomic E-state index is -0.607. The predicted octanol–water partition coefficient (Wildman–Crippen LogP) is 4.93. The third-order valence-corrected chi connectivity index (χ3v) is 3.87. The van der Waals surface area contributed by atoms with Crippen molar-refractivity contribution in [3.05, 3.63) is 63.1 Å². The van der Waals surface area contributed by atoms with Crippen LogP contribution < -0.4 is 4.74 Å². The zero-order valence-electron chi connectivity index (χ0n) is 13.1. The van der Waals surface area contributed by atoms with Crippen LogP contribution >= 0.6 is 27.5 Å². The lowest BCUT2D eigenvalue weighted by Crippen LogP contribution is -2.15. The molecular weight excluding hydrogens is 396 g/mol. The Morgan fingerprint density at radius 1 is 1.12 bits per heavy atom. The number of carbonyl (C=O) groups excluding carboxylic acids is 2. The molecule has 24 heavy (non-hydrogen) atoms. The van der Waals surface area contributed by atoms with Crippen LogP contribution in [0.1, 0.15) is 34.1 Å². The summed E-state index contributed by atoms with van der Waals surface area (Å²) in [5.41, 5.74) is 0.714. The minimum absolute atomic E-state index is 0.279. The highest BCUT2D eigenvalue weighted by Gasteiger charge is 2.17. The first-order valence-electron chi connectivity index (χ1n) is 7.39. The number of esters is 1. The fraction of sp³-hybridized carbons (Fsp3) is 0.222. The lowest BCUT2D eigenvalue weighted by atomic mass is 10.1. The number of ether oxygens (including phenoxy) is 2. The summed E-state index contributed by atoms with van der Waals surface area (Å²) in [6, 6.07) is 11.5. The van der Waals surface area contributed by atoms with Gasteiger partial charge in [-0.2, -0.15) is 0 Å². The Balaban J connectivity index is 2.05. The molecule has 6 heteroatoms. The maximum absolute atomic E-state index is 12.3. The van der Waals surface area contributed by atoms with Crippen LogP contribution in [0.4, 0.5) is 0 Å². The van der Waals surface area contributed by atoms with E-state index in [1.807, 2.05) is 6.92 Å². The number of halogens is 2. The van der Waals surface area contributed by atoms with Crippen LogP contribution in [0.2, 0.25) is 5.02 Å². The molecule has 2 aromatic carbocycles. The number of benzene rings is 2. The first kappa shape index (κ1) is 18.5. The topological polar surface area (TPSA) is 52.6 Å². The molecule has 0 fully saturated rings. The molecule has 0 atom stereocenters. The summed E-state index contributed by atoms with van der Waals surface area (Å²) in [7, 11) is 0. The molecule has 0 N–H and O–H groups in total. The minimum Gasteiger partial charge on any atom is -0.493 e. The standard InChI is InChI=1S/C18H16BrClO4/c1-2-9-23-17-8-5-13(19)10-15(17)18(22)24-11-16(21)12-3-6-14(20)7-4-12/h3-8,10H,2,9,11H2,1H3. The smallest absolute Gasteiger partial charge is 0.342 e. The monoisotopic (exact) mass is 410 g/mol. The molecule has 0 amide bonds. The number of ketones is 1. The highest BCUT2D eigenvalue weighted by Crippen LogP contribution is 2.24. The van der Waals surface area contributed by atoms with Crippen LogP contribution in [0, 0.1) is 0 Å². The second kappa shape index (κ2) is 8.85. The van der Waals surface area contributed by atoms with Gasteiger partial charge in [-0.1, -0.05) is 34.5 Å². The van der Waals surface area contributed by atoms with Gasteiger partial charge in [0.15, 0.2) is 12.4 Å². The van der Waals surface area contributed by atoms with Gasteiger partial charge in [0, 0.05) is 15.1 Å². The van der Waals surface area contributed by atoms with E-state index in [1.165, 1.54) is 0 Å². The predicted molar refractivity (Wildman–Crippen MR) is 96.0 cm³/mol. The van der Waals surface area contributed by atoms with Gasteiger partial charge < -0.3 is 9.47 Å². The van der Waals surface area contributed by atoms with Gasteiger partial charge in [0.1, 0.15) is 11.3 Å². The molecular formula is C18H16BrClO4. The molecule has 0 unspecified atom stereocenters. The molecule has 0 heterocycles. The molecule has 2 rings (SSSR count). The number of hydrogen-bond donors (Lipinski definition) is 0. The van der Waals surface area contributed by atoms with Crippen molar-refractivity contribution < 1.29 is 19.1 Å². The zero-order valence-corrected chi connectivity index (χ0v) is 15.4. The van der Waals surface area contributed by atoms with E-state index in [2.05, 4.69) is 15.9 Å². The zero-order chi connectivity index (χ0) is 17.5. The third kappa shape index (κ3) is 5.08. The average molecular weight is 412 g/mol. The summed E-state index contributed by atoms with van der Waals surface area (Å²) in [5, 5.41) is 0.537. The SMILES string of the molecule is CCCOc1ccc(Br)cc1C(=O)OCC(=O)c1ccc(Cl)cc1. The van der Waals surface area contributed by atoms with Crippen molar-refractivity contribution in [1.82, 2.24) is 0 Å². The summed E-state index contributed by atoms with van der Waals surface area (Å²) < 4.78 is 11.4. The Labute approximate surface area is 153 Å². The molecule has 4 nitrogen and oxygen atoms in total. The van der Waals surface area contributed by atoms with Crippen LogP contribution in [0.3, 0.4) is 0 Å². The van der Waals surface area contributed by atoms with Gasteiger partial charge >= 0.3 is 5.97 Å². The Morgan fingerprint density at radius 3 is 2.50 bits per heavy atom. The van der Waals surface area contributed by atoms with E-state index >= 15 is 0 Å². The molecule has 0 bridgehead atoms. The maximum atomic E-state index is 12.3. The second-order valence-corrected chi connectivity index (χ2v) is 6.35. The fourth-order valence-electron chi connectivity index (χ4n) is 1.93. The molecule has 0 aliphatic carbocycles. The quantitative estimate of drug-likeness (QED) is 0.479. The van der Waals surface area contributed by atoms with E-state index in [4.69, 9.17) is 21.1 Å². The van der Waals surface area contributed by atoms with Crippen molar-refractivity contribution in [3.63, 3.8) is 0 Å². The number of hydrogen-bond acceptors (Lipinski definition) is 4. The molecule has 2 aromatic rings. The molecule has 126 valence electrons. The van der Waals surface area contributed by atoms with Crippen molar-refractivity contribution in [3.8, 4) is 5.75 Å². The van der Waals surface area contributed by atoms with Crippen molar-refractivity contribution in [2.45, 2.75) is 13.3 Å². The lowest BCUT2D eigenvalue weighted by Gasteiger charge is -2.11. The number of Topliss-reactive ketones (excluding diaryl/α,β-unsaturated/α-hetero) is 1. The Bertz CT molecular complexity index is 728. The second-order valence-electron chi connectivity index (χ2n) is 5.00. The third-order valence-electron chi connectivity index (χ3n) is 3.12. The van der Waals surface area contributed by atoms with Crippen molar-refractivity contribution >= 4 is 39.3 Å². The molecule has 0 saturated heterocycles. The van der Waals surface area contributed by atoms with Gasteiger partial charge in [-0.3, -0.25) is 4.79 Å².